The van der Waals surface area contributed by atoms with Gasteiger partial charge in [-0.3, -0.25) is 9.59 Å². The first kappa shape index (κ1) is 22.5. The Labute approximate surface area is 193 Å². The van der Waals surface area contributed by atoms with E-state index in [2.05, 4.69) is 0 Å². The van der Waals surface area contributed by atoms with Crippen molar-refractivity contribution in [2.45, 2.75) is 33.4 Å². The monoisotopic (exact) mass is 448 g/mol. The Hall–Kier alpha value is -3.74. The van der Waals surface area contributed by atoms with Gasteiger partial charge in [0.15, 0.2) is 11.5 Å². The van der Waals surface area contributed by atoms with Crippen molar-refractivity contribution in [2.75, 3.05) is 19.9 Å². The predicted octanol–water partition coefficient (Wildman–Crippen LogP) is 4.40. The molecule has 0 radical (unpaired) electrons. The smallest absolute Gasteiger partial charge is 0.254 e. The van der Waals surface area contributed by atoms with E-state index in [1.165, 1.54) is 0 Å². The largest absolute Gasteiger partial charge is 0.467 e. The molecule has 33 heavy (non-hydrogen) atoms. The summed E-state index contributed by atoms with van der Waals surface area (Å²) in [5.74, 6) is 1.74. The van der Waals surface area contributed by atoms with Gasteiger partial charge in [-0.15, -0.1) is 0 Å². The molecule has 2 aromatic carbocycles. The number of carbonyl (C=O) groups is 2. The number of hydrogen-bond donors (Lipinski definition) is 0. The van der Waals surface area contributed by atoms with E-state index in [1.807, 2.05) is 50.2 Å². The third-order valence-corrected chi connectivity index (χ3v) is 5.50. The lowest BCUT2D eigenvalue weighted by Crippen LogP contribution is -2.42. The summed E-state index contributed by atoms with van der Waals surface area (Å²) in [6.45, 7) is 5.31. The van der Waals surface area contributed by atoms with Crippen LogP contribution in [-0.4, -0.2) is 41.5 Å². The maximum absolute atomic E-state index is 13.4. The molecule has 0 saturated heterocycles. The van der Waals surface area contributed by atoms with Crippen molar-refractivity contribution in [1.29, 1.82) is 0 Å². The van der Waals surface area contributed by atoms with Crippen LogP contribution in [-0.2, 0) is 17.9 Å². The Balaban J connectivity index is 1.52. The Bertz CT molecular complexity index is 1090. The number of rotatable bonds is 9. The number of aryl methyl sites for hydroxylation is 1. The van der Waals surface area contributed by atoms with Crippen molar-refractivity contribution in [1.82, 2.24) is 9.80 Å². The molecule has 0 spiro atoms. The Morgan fingerprint density at radius 3 is 2.45 bits per heavy atom. The van der Waals surface area contributed by atoms with Crippen LogP contribution >= 0.6 is 0 Å². The van der Waals surface area contributed by atoms with Crippen LogP contribution in [0.4, 0.5) is 0 Å². The fourth-order valence-corrected chi connectivity index (χ4v) is 3.75. The van der Waals surface area contributed by atoms with E-state index in [1.54, 1.807) is 34.3 Å². The lowest BCUT2D eigenvalue weighted by Gasteiger charge is -2.27. The summed E-state index contributed by atoms with van der Waals surface area (Å²) in [5, 5.41) is 0. The highest BCUT2D eigenvalue weighted by Crippen LogP contribution is 2.33. The lowest BCUT2D eigenvalue weighted by atomic mass is 10.1. The van der Waals surface area contributed by atoms with Gasteiger partial charge in [-0.1, -0.05) is 30.7 Å². The van der Waals surface area contributed by atoms with Gasteiger partial charge in [-0.05, 0) is 55.3 Å². The lowest BCUT2D eigenvalue weighted by molar-refractivity contribution is -0.133. The minimum absolute atomic E-state index is 0.00812. The van der Waals surface area contributed by atoms with E-state index in [9.17, 15) is 9.59 Å². The van der Waals surface area contributed by atoms with Gasteiger partial charge in [0.25, 0.3) is 5.91 Å². The van der Waals surface area contributed by atoms with Crippen molar-refractivity contribution in [3.05, 3.63) is 83.3 Å². The van der Waals surface area contributed by atoms with Gasteiger partial charge in [-0.25, -0.2) is 0 Å². The molecule has 0 bridgehead atoms. The molecule has 172 valence electrons. The molecule has 0 saturated carbocycles. The fourth-order valence-electron chi connectivity index (χ4n) is 3.75. The number of ether oxygens (including phenoxy) is 2. The number of amides is 2. The second-order valence-electron chi connectivity index (χ2n) is 8.11. The van der Waals surface area contributed by atoms with E-state index in [4.69, 9.17) is 13.9 Å². The molecule has 0 fully saturated rings. The third kappa shape index (κ3) is 5.55. The third-order valence-electron chi connectivity index (χ3n) is 5.50. The number of benzene rings is 2. The quantitative estimate of drug-likeness (QED) is 0.485. The Morgan fingerprint density at radius 1 is 0.939 bits per heavy atom. The zero-order chi connectivity index (χ0) is 23.2. The van der Waals surface area contributed by atoms with E-state index in [-0.39, 0.29) is 25.2 Å². The maximum Gasteiger partial charge on any atom is 0.254 e. The average molecular weight is 449 g/mol. The summed E-state index contributed by atoms with van der Waals surface area (Å²) >= 11 is 0. The Kier molecular flexibility index (Phi) is 6.98. The topological polar surface area (TPSA) is 72.2 Å². The molecule has 0 unspecified atom stereocenters. The summed E-state index contributed by atoms with van der Waals surface area (Å²) in [4.78, 5) is 29.8. The van der Waals surface area contributed by atoms with Crippen LogP contribution in [0.2, 0.25) is 0 Å². The van der Waals surface area contributed by atoms with Gasteiger partial charge in [-0.2, -0.15) is 0 Å². The van der Waals surface area contributed by atoms with Gasteiger partial charge < -0.3 is 23.7 Å². The van der Waals surface area contributed by atoms with Gasteiger partial charge in [0.1, 0.15) is 12.3 Å². The first-order valence-corrected chi connectivity index (χ1v) is 11.1. The zero-order valence-electron chi connectivity index (χ0n) is 19.0. The number of hydrogen-bond acceptors (Lipinski definition) is 5. The molecule has 0 aliphatic carbocycles. The van der Waals surface area contributed by atoms with Crippen LogP contribution in [0.25, 0.3) is 0 Å². The summed E-state index contributed by atoms with van der Waals surface area (Å²) in [7, 11) is 0. The van der Waals surface area contributed by atoms with Crippen LogP contribution in [0.1, 0.15) is 40.6 Å². The molecule has 7 heteroatoms. The first-order valence-electron chi connectivity index (χ1n) is 11.1. The van der Waals surface area contributed by atoms with E-state index in [0.717, 1.165) is 17.5 Å². The summed E-state index contributed by atoms with van der Waals surface area (Å²) in [5.41, 5.74) is 2.57. The number of nitrogens with zero attached hydrogens (tertiary/aromatic N) is 2. The first-order chi connectivity index (χ1) is 16.0. The van der Waals surface area contributed by atoms with Crippen LogP contribution in [0.15, 0.2) is 65.3 Å². The molecule has 3 aromatic rings. The minimum Gasteiger partial charge on any atom is -0.467 e. The molecular weight excluding hydrogens is 420 g/mol. The average Bonchev–Trinajstić information content (AvgIpc) is 3.50. The van der Waals surface area contributed by atoms with Crippen molar-refractivity contribution < 1.29 is 23.5 Å². The van der Waals surface area contributed by atoms with Crippen molar-refractivity contribution in [3.8, 4) is 11.5 Å². The van der Waals surface area contributed by atoms with Gasteiger partial charge in [0, 0.05) is 18.7 Å². The van der Waals surface area contributed by atoms with Crippen LogP contribution in [0.5, 0.6) is 11.5 Å². The standard InChI is InChI=1S/C26H28N2O5/c1-3-12-27(26(30)21-9-6-19(2)7-10-21)17-25(29)28(16-22-5-4-13-31-22)15-20-8-11-23-24(14-20)33-18-32-23/h4-11,13-14H,3,12,15-18H2,1-2H3. The molecular formula is C26H28N2O5. The summed E-state index contributed by atoms with van der Waals surface area (Å²) in [6, 6.07) is 16.7. The van der Waals surface area contributed by atoms with E-state index >= 15 is 0 Å². The molecule has 2 heterocycles. The van der Waals surface area contributed by atoms with Gasteiger partial charge in [0.2, 0.25) is 12.7 Å². The highest BCUT2D eigenvalue weighted by Gasteiger charge is 2.24. The molecule has 0 N–H and O–H groups in total. The number of furan rings is 1. The second kappa shape index (κ2) is 10.3. The fraction of sp³-hybridized carbons (Fsp3) is 0.308. The summed E-state index contributed by atoms with van der Waals surface area (Å²) in [6.07, 6.45) is 2.34. The highest BCUT2D eigenvalue weighted by molar-refractivity contribution is 5.96. The maximum atomic E-state index is 13.4. The van der Waals surface area contributed by atoms with Crippen molar-refractivity contribution >= 4 is 11.8 Å². The molecule has 0 atom stereocenters. The molecule has 7 nitrogen and oxygen atoms in total. The number of carbonyl (C=O) groups excluding carboxylic acids is 2. The predicted molar refractivity (Wildman–Crippen MR) is 123 cm³/mol. The highest BCUT2D eigenvalue weighted by atomic mass is 16.7. The van der Waals surface area contributed by atoms with Gasteiger partial charge in [0.05, 0.1) is 12.8 Å². The van der Waals surface area contributed by atoms with Crippen molar-refractivity contribution in [2.24, 2.45) is 0 Å². The summed E-state index contributed by atoms with van der Waals surface area (Å²) < 4.78 is 16.3. The van der Waals surface area contributed by atoms with Gasteiger partial charge >= 0.3 is 0 Å². The SMILES string of the molecule is CCCN(CC(=O)N(Cc1ccc2c(c1)OCO2)Cc1ccco1)C(=O)c1ccc(C)cc1. The minimum atomic E-state index is -0.155. The molecule has 1 aliphatic heterocycles. The zero-order valence-corrected chi connectivity index (χ0v) is 19.0. The molecule has 1 aliphatic rings. The molecule has 1 aromatic heterocycles. The normalized spacial score (nSPS) is 11.9. The van der Waals surface area contributed by atoms with E-state index in [0.29, 0.717) is 42.5 Å². The molecule has 2 amide bonds. The molecule has 4 rings (SSSR count). The van der Waals surface area contributed by atoms with Crippen molar-refractivity contribution in [3.63, 3.8) is 0 Å². The van der Waals surface area contributed by atoms with Crippen LogP contribution < -0.4 is 9.47 Å². The number of fused-ring (bicyclic) bond motifs is 1. The van der Waals surface area contributed by atoms with Crippen LogP contribution in [0.3, 0.4) is 0 Å². The van der Waals surface area contributed by atoms with Crippen LogP contribution in [0, 0.1) is 6.92 Å². The second-order valence-corrected chi connectivity index (χ2v) is 8.11. The van der Waals surface area contributed by atoms with E-state index < -0.39 is 0 Å². The Morgan fingerprint density at radius 2 is 1.73 bits per heavy atom.